The highest BCUT2D eigenvalue weighted by molar-refractivity contribution is 6.31. The molecule has 1 nitrogen and oxygen atoms in total. The molecule has 0 spiro atoms. The van der Waals surface area contributed by atoms with Crippen molar-refractivity contribution in [1.29, 1.82) is 0 Å². The number of fused-ring (bicyclic) bond motifs is 1. The molecule has 0 unspecified atom stereocenters. The van der Waals surface area contributed by atoms with Crippen LogP contribution >= 0.6 is 11.6 Å². The number of pyridine rings is 1. The number of aromatic nitrogens is 1. The van der Waals surface area contributed by atoms with E-state index in [0.717, 1.165) is 23.4 Å². The molecule has 3 aromatic rings. The molecule has 0 N–H and O–H groups in total. The highest BCUT2D eigenvalue weighted by Gasteiger charge is 2.01. The molecule has 2 aromatic carbocycles. The van der Waals surface area contributed by atoms with Crippen molar-refractivity contribution in [2.75, 3.05) is 0 Å². The summed E-state index contributed by atoms with van der Waals surface area (Å²) < 4.78 is 0. The minimum absolute atomic E-state index is 0.844. The fraction of sp³-hybridized carbons (Fsp3) is 0.118. The highest BCUT2D eigenvalue weighted by atomic mass is 35.5. The Balaban J connectivity index is 1.80. The van der Waals surface area contributed by atoms with Crippen molar-refractivity contribution in [1.82, 2.24) is 4.98 Å². The quantitative estimate of drug-likeness (QED) is 0.672. The summed E-state index contributed by atoms with van der Waals surface area (Å²) in [6, 6.07) is 18.4. The minimum Gasteiger partial charge on any atom is -0.256 e. The van der Waals surface area contributed by atoms with Gasteiger partial charge in [0.25, 0.3) is 0 Å². The third-order valence-electron chi connectivity index (χ3n) is 3.29. The van der Waals surface area contributed by atoms with Gasteiger partial charge in [-0.3, -0.25) is 4.98 Å². The zero-order valence-electron chi connectivity index (χ0n) is 10.5. The van der Waals surface area contributed by atoms with Crippen LogP contribution in [0.3, 0.4) is 0 Å². The van der Waals surface area contributed by atoms with Crippen molar-refractivity contribution in [2.24, 2.45) is 0 Å². The summed E-state index contributed by atoms with van der Waals surface area (Å²) in [6.45, 7) is 0. The van der Waals surface area contributed by atoms with Crippen molar-refractivity contribution >= 4 is 22.5 Å². The van der Waals surface area contributed by atoms with E-state index in [9.17, 15) is 0 Å². The maximum atomic E-state index is 6.17. The number of benzene rings is 2. The highest BCUT2D eigenvalue weighted by Crippen LogP contribution is 2.18. The maximum absolute atomic E-state index is 6.17. The largest absolute Gasteiger partial charge is 0.256 e. The molecule has 2 heteroatoms. The van der Waals surface area contributed by atoms with Crippen molar-refractivity contribution in [2.45, 2.75) is 12.8 Å². The number of aryl methyl sites for hydroxylation is 2. The van der Waals surface area contributed by atoms with Crippen molar-refractivity contribution in [3.63, 3.8) is 0 Å². The molecule has 3 rings (SSSR count). The molecule has 1 heterocycles. The molecule has 0 amide bonds. The summed E-state index contributed by atoms with van der Waals surface area (Å²) in [7, 11) is 0. The molecule has 0 fully saturated rings. The molecule has 0 aliphatic rings. The summed E-state index contributed by atoms with van der Waals surface area (Å²) in [5.74, 6) is 0. The lowest BCUT2D eigenvalue weighted by Crippen LogP contribution is -1.93. The molecular formula is C17H14ClN. The second kappa shape index (κ2) is 5.41. The third-order valence-corrected chi connectivity index (χ3v) is 3.66. The monoisotopic (exact) mass is 267 g/mol. The molecule has 0 aliphatic heterocycles. The van der Waals surface area contributed by atoms with Gasteiger partial charge in [0, 0.05) is 16.6 Å². The number of nitrogens with zero attached hydrogens (tertiary/aromatic N) is 1. The van der Waals surface area contributed by atoms with E-state index in [1.807, 2.05) is 42.6 Å². The maximum Gasteiger partial charge on any atom is 0.0702 e. The minimum atomic E-state index is 0.844. The van der Waals surface area contributed by atoms with Gasteiger partial charge in [-0.05, 0) is 42.2 Å². The first kappa shape index (κ1) is 12.2. The molecule has 0 radical (unpaired) electrons. The van der Waals surface area contributed by atoms with Crippen molar-refractivity contribution in [3.05, 3.63) is 76.9 Å². The van der Waals surface area contributed by atoms with Gasteiger partial charge in [0.2, 0.25) is 0 Å². The van der Waals surface area contributed by atoms with Crippen LogP contribution in [0.2, 0.25) is 5.02 Å². The standard InChI is InChI=1S/C17H14ClN/c18-16-7-3-1-5-14(16)10-9-13-11-15-6-2-4-8-17(15)19-12-13/h1-8,11-12H,9-10H2. The lowest BCUT2D eigenvalue weighted by molar-refractivity contribution is 0.955. The Labute approximate surface area is 117 Å². The Kier molecular flexibility index (Phi) is 3.47. The normalized spacial score (nSPS) is 10.8. The van der Waals surface area contributed by atoms with Crippen LogP contribution in [0, 0.1) is 0 Å². The van der Waals surface area contributed by atoms with Crippen LogP contribution in [0.1, 0.15) is 11.1 Å². The number of para-hydroxylation sites is 1. The van der Waals surface area contributed by atoms with Crippen LogP contribution in [-0.2, 0) is 12.8 Å². The average Bonchev–Trinajstić information content (AvgIpc) is 2.46. The van der Waals surface area contributed by atoms with E-state index >= 15 is 0 Å². The SMILES string of the molecule is Clc1ccccc1CCc1cnc2ccccc2c1. The predicted molar refractivity (Wildman–Crippen MR) is 80.6 cm³/mol. The Hall–Kier alpha value is -1.86. The van der Waals surface area contributed by atoms with Gasteiger partial charge >= 0.3 is 0 Å². The van der Waals surface area contributed by atoms with Crippen molar-refractivity contribution < 1.29 is 0 Å². The van der Waals surface area contributed by atoms with Gasteiger partial charge in [0.15, 0.2) is 0 Å². The molecule has 0 saturated carbocycles. The lowest BCUT2D eigenvalue weighted by atomic mass is 10.0. The van der Waals surface area contributed by atoms with Gasteiger partial charge in [-0.1, -0.05) is 48.0 Å². The summed E-state index contributed by atoms with van der Waals surface area (Å²) in [4.78, 5) is 4.48. The summed E-state index contributed by atoms with van der Waals surface area (Å²) in [6.07, 6.45) is 3.86. The van der Waals surface area contributed by atoms with Gasteiger partial charge in [-0.2, -0.15) is 0 Å². The molecule has 0 aliphatic carbocycles. The zero-order chi connectivity index (χ0) is 13.1. The first-order valence-electron chi connectivity index (χ1n) is 6.40. The number of halogens is 1. The predicted octanol–water partition coefficient (Wildman–Crippen LogP) is 4.67. The lowest BCUT2D eigenvalue weighted by Gasteiger charge is -2.05. The number of hydrogen-bond donors (Lipinski definition) is 0. The molecule has 19 heavy (non-hydrogen) atoms. The van der Waals surface area contributed by atoms with E-state index in [2.05, 4.69) is 23.2 Å². The van der Waals surface area contributed by atoms with E-state index in [1.54, 1.807) is 0 Å². The second-order valence-electron chi connectivity index (χ2n) is 4.63. The molecule has 0 atom stereocenters. The first-order chi connectivity index (χ1) is 9.33. The number of hydrogen-bond acceptors (Lipinski definition) is 1. The van der Waals surface area contributed by atoms with Gasteiger partial charge in [0.05, 0.1) is 5.52 Å². The van der Waals surface area contributed by atoms with E-state index in [1.165, 1.54) is 16.5 Å². The Morgan fingerprint density at radius 3 is 2.58 bits per heavy atom. The van der Waals surface area contributed by atoms with Gasteiger partial charge in [0.1, 0.15) is 0 Å². The van der Waals surface area contributed by atoms with E-state index in [-0.39, 0.29) is 0 Å². The van der Waals surface area contributed by atoms with E-state index in [0.29, 0.717) is 0 Å². The first-order valence-corrected chi connectivity index (χ1v) is 6.78. The van der Waals surface area contributed by atoms with Gasteiger partial charge in [-0.15, -0.1) is 0 Å². The Bertz CT molecular complexity index is 706. The van der Waals surface area contributed by atoms with E-state index < -0.39 is 0 Å². The van der Waals surface area contributed by atoms with Crippen LogP contribution < -0.4 is 0 Å². The van der Waals surface area contributed by atoms with E-state index in [4.69, 9.17) is 11.6 Å². The van der Waals surface area contributed by atoms with Crippen LogP contribution in [0.5, 0.6) is 0 Å². The Morgan fingerprint density at radius 1 is 0.895 bits per heavy atom. The van der Waals surface area contributed by atoms with Crippen LogP contribution in [0.25, 0.3) is 10.9 Å². The Morgan fingerprint density at radius 2 is 1.68 bits per heavy atom. The molecule has 1 aromatic heterocycles. The fourth-order valence-corrected chi connectivity index (χ4v) is 2.46. The smallest absolute Gasteiger partial charge is 0.0702 e. The van der Waals surface area contributed by atoms with Crippen LogP contribution in [-0.4, -0.2) is 4.98 Å². The topological polar surface area (TPSA) is 12.9 Å². The van der Waals surface area contributed by atoms with Crippen LogP contribution in [0.15, 0.2) is 60.8 Å². The number of rotatable bonds is 3. The molecule has 0 saturated heterocycles. The second-order valence-corrected chi connectivity index (χ2v) is 5.03. The van der Waals surface area contributed by atoms with Gasteiger partial charge in [-0.25, -0.2) is 0 Å². The summed E-state index contributed by atoms with van der Waals surface area (Å²) >= 11 is 6.17. The summed E-state index contributed by atoms with van der Waals surface area (Å²) in [5, 5.41) is 2.04. The molecule has 0 bridgehead atoms. The fourth-order valence-electron chi connectivity index (χ4n) is 2.23. The zero-order valence-corrected chi connectivity index (χ0v) is 11.3. The van der Waals surface area contributed by atoms with Crippen LogP contribution in [0.4, 0.5) is 0 Å². The molecule has 94 valence electrons. The third kappa shape index (κ3) is 2.77. The van der Waals surface area contributed by atoms with Crippen molar-refractivity contribution in [3.8, 4) is 0 Å². The summed E-state index contributed by atoms with van der Waals surface area (Å²) in [5.41, 5.74) is 3.49. The average molecular weight is 268 g/mol. The molecular weight excluding hydrogens is 254 g/mol. The van der Waals surface area contributed by atoms with Gasteiger partial charge < -0.3 is 0 Å².